The maximum Gasteiger partial charge on any atom is 0.308 e. The van der Waals surface area contributed by atoms with Crippen molar-refractivity contribution < 1.29 is 23.8 Å². The molecule has 0 saturated carbocycles. The molecule has 0 saturated heterocycles. The van der Waals surface area contributed by atoms with Gasteiger partial charge in [0.1, 0.15) is 11.5 Å². The van der Waals surface area contributed by atoms with Crippen LogP contribution in [0, 0.1) is 5.92 Å². The number of hydrogen-bond donors (Lipinski definition) is 1. The number of esters is 1. The molecule has 0 bridgehead atoms. The maximum absolute atomic E-state index is 11.7. The molecule has 1 rings (SSSR count). The minimum Gasteiger partial charge on any atom is -0.497 e. The highest BCUT2D eigenvalue weighted by Gasteiger charge is 2.13. The summed E-state index contributed by atoms with van der Waals surface area (Å²) in [6.45, 7) is 3.08. The zero-order valence-electron chi connectivity index (χ0n) is 12.1. The van der Waals surface area contributed by atoms with Crippen LogP contribution in [-0.2, 0) is 14.3 Å². The molecule has 1 aromatic rings. The topological polar surface area (TPSA) is 73.9 Å². The number of anilines is 1. The normalized spacial score (nSPS) is 10.1. The lowest BCUT2D eigenvalue weighted by Gasteiger charge is -2.12. The van der Waals surface area contributed by atoms with E-state index in [9.17, 15) is 9.59 Å². The second-order valence-corrected chi connectivity index (χ2v) is 4.38. The van der Waals surface area contributed by atoms with E-state index in [1.807, 2.05) is 0 Å². The number of methoxy groups -OCH3 is 2. The number of hydrogen-bond acceptors (Lipinski definition) is 5. The second-order valence-electron chi connectivity index (χ2n) is 4.38. The molecule has 20 heavy (non-hydrogen) atoms. The van der Waals surface area contributed by atoms with E-state index >= 15 is 0 Å². The Kier molecular flexibility index (Phi) is 5.83. The third-order valence-electron chi connectivity index (χ3n) is 2.50. The van der Waals surface area contributed by atoms with Crippen LogP contribution in [0.15, 0.2) is 18.2 Å². The smallest absolute Gasteiger partial charge is 0.308 e. The summed E-state index contributed by atoms with van der Waals surface area (Å²) in [6.07, 6.45) is 0. The zero-order chi connectivity index (χ0) is 15.1. The lowest BCUT2D eigenvalue weighted by atomic mass is 10.2. The Bertz CT molecular complexity index is 484. The molecule has 0 aliphatic rings. The first-order valence-corrected chi connectivity index (χ1v) is 6.16. The van der Waals surface area contributed by atoms with Gasteiger partial charge in [-0.25, -0.2) is 0 Å². The van der Waals surface area contributed by atoms with E-state index in [0.29, 0.717) is 17.2 Å². The van der Waals surface area contributed by atoms with Crippen molar-refractivity contribution in [2.75, 3.05) is 26.1 Å². The van der Waals surface area contributed by atoms with Gasteiger partial charge >= 0.3 is 5.97 Å². The quantitative estimate of drug-likeness (QED) is 0.805. The molecule has 0 radical (unpaired) electrons. The van der Waals surface area contributed by atoms with Crippen molar-refractivity contribution in [2.45, 2.75) is 13.8 Å². The molecule has 0 unspecified atom stereocenters. The van der Waals surface area contributed by atoms with Crippen LogP contribution < -0.4 is 14.8 Å². The number of nitrogens with one attached hydrogen (secondary N) is 1. The Morgan fingerprint density at radius 3 is 2.45 bits per heavy atom. The summed E-state index contributed by atoms with van der Waals surface area (Å²) in [6, 6.07) is 4.99. The Morgan fingerprint density at radius 1 is 1.20 bits per heavy atom. The van der Waals surface area contributed by atoms with Gasteiger partial charge in [-0.3, -0.25) is 9.59 Å². The van der Waals surface area contributed by atoms with Crippen LogP contribution in [0.1, 0.15) is 13.8 Å². The Balaban J connectivity index is 2.64. The number of carbonyl (C=O) groups is 2. The van der Waals surface area contributed by atoms with Gasteiger partial charge in [-0.15, -0.1) is 0 Å². The van der Waals surface area contributed by atoms with Crippen molar-refractivity contribution in [3.8, 4) is 11.5 Å². The van der Waals surface area contributed by atoms with Gasteiger partial charge in [0.15, 0.2) is 6.61 Å². The average molecular weight is 281 g/mol. The van der Waals surface area contributed by atoms with Crippen LogP contribution in [0.4, 0.5) is 5.69 Å². The third kappa shape index (κ3) is 4.46. The van der Waals surface area contributed by atoms with Gasteiger partial charge in [-0.05, 0) is 12.1 Å². The van der Waals surface area contributed by atoms with Gasteiger partial charge in [0.05, 0.1) is 25.8 Å². The Hall–Kier alpha value is -2.24. The van der Waals surface area contributed by atoms with Crippen LogP contribution in [-0.4, -0.2) is 32.7 Å². The maximum atomic E-state index is 11.7. The highest BCUT2D eigenvalue weighted by atomic mass is 16.5. The summed E-state index contributed by atoms with van der Waals surface area (Å²) in [4.78, 5) is 22.9. The summed E-state index contributed by atoms with van der Waals surface area (Å²) in [5.74, 6) is -0.0263. The molecule has 6 heteroatoms. The van der Waals surface area contributed by atoms with Gasteiger partial charge in [0, 0.05) is 6.07 Å². The van der Waals surface area contributed by atoms with Gasteiger partial charge in [-0.2, -0.15) is 0 Å². The lowest BCUT2D eigenvalue weighted by molar-refractivity contribution is -0.150. The summed E-state index contributed by atoms with van der Waals surface area (Å²) in [5.41, 5.74) is 0.485. The fourth-order valence-electron chi connectivity index (χ4n) is 1.39. The summed E-state index contributed by atoms with van der Waals surface area (Å²) in [5, 5.41) is 2.61. The van der Waals surface area contributed by atoms with Crippen LogP contribution in [0.25, 0.3) is 0 Å². The van der Waals surface area contributed by atoms with Crippen molar-refractivity contribution in [3.05, 3.63) is 18.2 Å². The molecule has 0 atom stereocenters. The largest absolute Gasteiger partial charge is 0.497 e. The van der Waals surface area contributed by atoms with E-state index in [1.165, 1.54) is 7.11 Å². The minimum atomic E-state index is -0.428. The first-order valence-electron chi connectivity index (χ1n) is 6.16. The van der Waals surface area contributed by atoms with Crippen LogP contribution >= 0.6 is 0 Å². The Labute approximate surface area is 118 Å². The van der Waals surface area contributed by atoms with Crippen molar-refractivity contribution >= 4 is 17.6 Å². The SMILES string of the molecule is COc1ccc(NC(=O)COC(=O)C(C)C)c(OC)c1. The standard InChI is InChI=1S/C14H19NO5/c1-9(2)14(17)20-8-13(16)15-11-6-5-10(18-3)7-12(11)19-4/h5-7,9H,8H2,1-4H3,(H,15,16). The van der Waals surface area contributed by atoms with Crippen LogP contribution in [0.5, 0.6) is 11.5 Å². The van der Waals surface area contributed by atoms with Crippen molar-refractivity contribution in [1.29, 1.82) is 0 Å². The first kappa shape index (κ1) is 15.8. The summed E-state index contributed by atoms with van der Waals surface area (Å²) in [7, 11) is 3.03. The molecule has 6 nitrogen and oxygen atoms in total. The molecular formula is C14H19NO5. The second kappa shape index (κ2) is 7.37. The van der Waals surface area contributed by atoms with E-state index in [4.69, 9.17) is 14.2 Å². The number of ether oxygens (including phenoxy) is 3. The van der Waals surface area contributed by atoms with Crippen molar-refractivity contribution in [1.82, 2.24) is 0 Å². The van der Waals surface area contributed by atoms with E-state index in [2.05, 4.69) is 5.32 Å². The molecule has 1 amide bonds. The highest BCUT2D eigenvalue weighted by molar-refractivity contribution is 5.94. The van der Waals surface area contributed by atoms with Crippen LogP contribution in [0.2, 0.25) is 0 Å². The van der Waals surface area contributed by atoms with E-state index in [-0.39, 0.29) is 12.5 Å². The zero-order valence-corrected chi connectivity index (χ0v) is 12.1. The number of benzene rings is 1. The summed E-state index contributed by atoms with van der Waals surface area (Å²) < 4.78 is 15.0. The predicted octanol–water partition coefficient (Wildman–Crippen LogP) is 1.84. The van der Waals surface area contributed by atoms with E-state index in [0.717, 1.165) is 0 Å². The van der Waals surface area contributed by atoms with Gasteiger partial charge in [0.2, 0.25) is 0 Å². The Morgan fingerprint density at radius 2 is 1.90 bits per heavy atom. The third-order valence-corrected chi connectivity index (χ3v) is 2.50. The summed E-state index contributed by atoms with van der Waals surface area (Å²) >= 11 is 0. The molecule has 1 N–H and O–H groups in total. The van der Waals surface area contributed by atoms with E-state index < -0.39 is 11.9 Å². The monoisotopic (exact) mass is 281 g/mol. The van der Waals surface area contributed by atoms with E-state index in [1.54, 1.807) is 39.2 Å². The molecular weight excluding hydrogens is 262 g/mol. The van der Waals surface area contributed by atoms with Crippen molar-refractivity contribution in [2.24, 2.45) is 5.92 Å². The molecule has 1 aromatic carbocycles. The predicted molar refractivity (Wildman–Crippen MR) is 74.0 cm³/mol. The fourth-order valence-corrected chi connectivity index (χ4v) is 1.39. The molecule has 0 fully saturated rings. The fraction of sp³-hybridized carbons (Fsp3) is 0.429. The highest BCUT2D eigenvalue weighted by Crippen LogP contribution is 2.28. The molecule has 110 valence electrons. The van der Waals surface area contributed by atoms with Crippen molar-refractivity contribution in [3.63, 3.8) is 0 Å². The molecule has 0 spiro atoms. The number of carbonyl (C=O) groups excluding carboxylic acids is 2. The minimum absolute atomic E-state index is 0.265. The van der Waals surface area contributed by atoms with Gasteiger partial charge in [-0.1, -0.05) is 13.8 Å². The molecule has 0 aliphatic heterocycles. The number of amides is 1. The lowest BCUT2D eigenvalue weighted by Crippen LogP contribution is -2.23. The average Bonchev–Trinajstić information content (AvgIpc) is 2.44. The van der Waals surface area contributed by atoms with Crippen LogP contribution in [0.3, 0.4) is 0 Å². The van der Waals surface area contributed by atoms with Gasteiger partial charge < -0.3 is 19.5 Å². The first-order chi connectivity index (χ1) is 9.47. The number of rotatable bonds is 6. The molecule has 0 aromatic heterocycles. The molecule has 0 heterocycles. The molecule has 0 aliphatic carbocycles. The van der Waals surface area contributed by atoms with Gasteiger partial charge in [0.25, 0.3) is 5.91 Å².